The Labute approximate surface area is 198 Å². The summed E-state index contributed by atoms with van der Waals surface area (Å²) in [6, 6.07) is 19.1. The number of ether oxygens (including phenoxy) is 2. The van der Waals surface area contributed by atoms with Crippen molar-refractivity contribution in [3.8, 4) is 11.5 Å². The summed E-state index contributed by atoms with van der Waals surface area (Å²) >= 11 is 3.34. The van der Waals surface area contributed by atoms with Crippen molar-refractivity contribution in [2.45, 2.75) is 13.8 Å². The average molecular weight is 506 g/mol. The number of fused-ring (bicyclic) bond motifs is 1. The molecule has 0 amide bonds. The van der Waals surface area contributed by atoms with E-state index in [0.717, 1.165) is 4.47 Å². The number of carbonyl (C=O) groups excluding carboxylic acids is 1. The second kappa shape index (κ2) is 9.79. The zero-order valence-electron chi connectivity index (χ0n) is 18.0. The van der Waals surface area contributed by atoms with E-state index in [1.807, 2.05) is 13.0 Å². The monoisotopic (exact) mass is 505 g/mol. The molecule has 0 fully saturated rings. The Bertz CT molecular complexity index is 1410. The minimum absolute atomic E-state index is 0.251. The third-order valence-corrected chi connectivity index (χ3v) is 5.32. The van der Waals surface area contributed by atoms with E-state index in [-0.39, 0.29) is 5.56 Å². The van der Waals surface area contributed by atoms with Gasteiger partial charge in [0.15, 0.2) is 11.5 Å². The number of rotatable bonds is 6. The van der Waals surface area contributed by atoms with Crippen molar-refractivity contribution in [2.75, 3.05) is 6.61 Å². The van der Waals surface area contributed by atoms with E-state index in [1.165, 1.54) is 10.9 Å². The Balaban J connectivity index is 1.62. The molecule has 1 aromatic heterocycles. The van der Waals surface area contributed by atoms with E-state index in [0.29, 0.717) is 46.0 Å². The molecule has 4 aromatic rings. The summed E-state index contributed by atoms with van der Waals surface area (Å²) in [7, 11) is 0. The predicted molar refractivity (Wildman–Crippen MR) is 130 cm³/mol. The predicted octanol–water partition coefficient (Wildman–Crippen LogP) is 4.97. The smallest absolute Gasteiger partial charge is 0.343 e. The number of halogens is 1. The summed E-state index contributed by atoms with van der Waals surface area (Å²) in [4.78, 5) is 29.7. The van der Waals surface area contributed by atoms with Crippen LogP contribution in [-0.2, 0) is 0 Å². The summed E-state index contributed by atoms with van der Waals surface area (Å²) in [6.07, 6.45) is 1.54. The number of nitrogens with zero attached hydrogens (tertiary/aromatic N) is 3. The number of aryl methyl sites for hydroxylation is 1. The number of carbonyl (C=O) groups is 1. The summed E-state index contributed by atoms with van der Waals surface area (Å²) in [6.45, 7) is 3.95. The number of para-hydroxylation sites is 1. The highest BCUT2D eigenvalue weighted by Crippen LogP contribution is 2.29. The van der Waals surface area contributed by atoms with Gasteiger partial charge in [0.1, 0.15) is 5.82 Å². The Morgan fingerprint density at radius 3 is 2.61 bits per heavy atom. The first-order valence-corrected chi connectivity index (χ1v) is 11.0. The first kappa shape index (κ1) is 22.4. The molecule has 1 heterocycles. The molecule has 0 aliphatic heterocycles. The molecular weight excluding hydrogens is 486 g/mol. The number of aromatic nitrogens is 2. The summed E-state index contributed by atoms with van der Waals surface area (Å²) in [5.74, 6) is 0.671. The number of esters is 1. The molecule has 0 spiro atoms. The first-order valence-electron chi connectivity index (χ1n) is 10.2. The molecule has 7 nitrogen and oxygen atoms in total. The van der Waals surface area contributed by atoms with E-state index < -0.39 is 5.97 Å². The molecule has 0 atom stereocenters. The van der Waals surface area contributed by atoms with Crippen LogP contribution >= 0.6 is 15.9 Å². The summed E-state index contributed by atoms with van der Waals surface area (Å²) in [5, 5.41) is 4.81. The van der Waals surface area contributed by atoms with Gasteiger partial charge in [0.2, 0.25) is 0 Å². The van der Waals surface area contributed by atoms with Crippen molar-refractivity contribution in [3.05, 3.63) is 98.5 Å². The van der Waals surface area contributed by atoms with Crippen molar-refractivity contribution < 1.29 is 14.3 Å². The maximum Gasteiger partial charge on any atom is 0.343 e. The van der Waals surface area contributed by atoms with E-state index >= 15 is 0 Å². The van der Waals surface area contributed by atoms with Crippen molar-refractivity contribution in [3.63, 3.8) is 0 Å². The first-order chi connectivity index (χ1) is 16.0. The van der Waals surface area contributed by atoms with Crippen LogP contribution in [0, 0.1) is 6.92 Å². The molecule has 0 aliphatic rings. The zero-order chi connectivity index (χ0) is 23.4. The molecule has 0 aliphatic carbocycles. The standard InChI is InChI=1S/C25H20BrN3O4/c1-3-32-23-14-17(8-13-22(23)33-25(31)18-9-11-19(26)12-10-18)15-27-29-16(2)28-21-7-5-4-6-20(21)24(29)30/h4-15H,3H2,1-2H3. The molecule has 0 N–H and O–H groups in total. The third kappa shape index (κ3) is 5.01. The van der Waals surface area contributed by atoms with Gasteiger partial charge in [-0.2, -0.15) is 9.78 Å². The lowest BCUT2D eigenvalue weighted by molar-refractivity contribution is 0.0728. The van der Waals surface area contributed by atoms with Crippen molar-refractivity contribution in [2.24, 2.45) is 5.10 Å². The molecule has 0 saturated heterocycles. The summed E-state index contributed by atoms with van der Waals surface area (Å²) < 4.78 is 13.3. The van der Waals surface area contributed by atoms with E-state index in [2.05, 4.69) is 26.0 Å². The van der Waals surface area contributed by atoms with Gasteiger partial charge in [0.05, 0.1) is 29.3 Å². The van der Waals surface area contributed by atoms with Gasteiger partial charge in [0, 0.05) is 4.47 Å². The maximum atomic E-state index is 12.8. The van der Waals surface area contributed by atoms with Gasteiger partial charge in [-0.15, -0.1) is 0 Å². The molecule has 3 aromatic carbocycles. The van der Waals surface area contributed by atoms with Crippen LogP contribution in [0.5, 0.6) is 11.5 Å². The van der Waals surface area contributed by atoms with E-state index in [9.17, 15) is 9.59 Å². The fourth-order valence-electron chi connectivity index (χ4n) is 3.20. The van der Waals surface area contributed by atoms with Gasteiger partial charge in [0.25, 0.3) is 5.56 Å². The fourth-order valence-corrected chi connectivity index (χ4v) is 3.46. The SMILES string of the molecule is CCOc1cc(C=Nn2c(C)nc3ccccc3c2=O)ccc1OC(=O)c1ccc(Br)cc1. The van der Waals surface area contributed by atoms with Crippen molar-refractivity contribution in [1.29, 1.82) is 0 Å². The Morgan fingerprint density at radius 2 is 1.85 bits per heavy atom. The molecule has 0 radical (unpaired) electrons. The zero-order valence-corrected chi connectivity index (χ0v) is 19.6. The Hall–Kier alpha value is -3.78. The van der Waals surface area contributed by atoms with Crippen LogP contribution in [0.2, 0.25) is 0 Å². The number of hydrogen-bond donors (Lipinski definition) is 0. The van der Waals surface area contributed by atoms with Crippen LogP contribution in [0.4, 0.5) is 0 Å². The molecule has 8 heteroatoms. The second-order valence-corrected chi connectivity index (χ2v) is 7.99. The van der Waals surface area contributed by atoms with Crippen molar-refractivity contribution >= 4 is 39.0 Å². The summed E-state index contributed by atoms with van der Waals surface area (Å²) in [5.41, 5.74) is 1.47. The van der Waals surface area contributed by atoms with Crippen LogP contribution in [0.15, 0.2) is 81.1 Å². The molecule has 4 rings (SSSR count). The van der Waals surface area contributed by atoms with Gasteiger partial charge >= 0.3 is 5.97 Å². The maximum absolute atomic E-state index is 12.8. The molecule has 33 heavy (non-hydrogen) atoms. The van der Waals surface area contributed by atoms with Gasteiger partial charge in [-0.05, 0) is 74.0 Å². The fraction of sp³-hybridized carbons (Fsp3) is 0.120. The van der Waals surface area contributed by atoms with Gasteiger partial charge in [-0.1, -0.05) is 28.1 Å². The Morgan fingerprint density at radius 1 is 1.09 bits per heavy atom. The lowest BCUT2D eigenvalue weighted by Gasteiger charge is -2.11. The second-order valence-electron chi connectivity index (χ2n) is 7.07. The minimum Gasteiger partial charge on any atom is -0.490 e. The van der Waals surface area contributed by atoms with Gasteiger partial charge in [-0.3, -0.25) is 4.79 Å². The topological polar surface area (TPSA) is 82.8 Å². The minimum atomic E-state index is -0.491. The number of hydrogen-bond acceptors (Lipinski definition) is 6. The lowest BCUT2D eigenvalue weighted by Crippen LogP contribution is -2.20. The largest absolute Gasteiger partial charge is 0.490 e. The van der Waals surface area contributed by atoms with Crippen LogP contribution in [-0.4, -0.2) is 28.5 Å². The highest BCUT2D eigenvalue weighted by molar-refractivity contribution is 9.10. The Kier molecular flexibility index (Phi) is 6.65. The van der Waals surface area contributed by atoms with Crippen molar-refractivity contribution in [1.82, 2.24) is 9.66 Å². The normalized spacial score (nSPS) is 11.1. The van der Waals surface area contributed by atoms with Crippen LogP contribution in [0.25, 0.3) is 10.9 Å². The lowest BCUT2D eigenvalue weighted by atomic mass is 10.2. The quantitative estimate of drug-likeness (QED) is 0.210. The van der Waals surface area contributed by atoms with Gasteiger partial charge in [-0.25, -0.2) is 9.78 Å². The average Bonchev–Trinajstić information content (AvgIpc) is 2.81. The van der Waals surface area contributed by atoms with Gasteiger partial charge < -0.3 is 9.47 Å². The molecule has 0 bridgehead atoms. The van der Waals surface area contributed by atoms with Crippen LogP contribution in [0.3, 0.4) is 0 Å². The highest BCUT2D eigenvalue weighted by atomic mass is 79.9. The molecule has 166 valence electrons. The van der Waals surface area contributed by atoms with E-state index in [4.69, 9.17) is 9.47 Å². The third-order valence-electron chi connectivity index (χ3n) is 4.79. The van der Waals surface area contributed by atoms with Crippen LogP contribution in [0.1, 0.15) is 28.7 Å². The number of benzene rings is 3. The molecule has 0 unspecified atom stereocenters. The molecular formula is C25H20BrN3O4. The van der Waals surface area contributed by atoms with E-state index in [1.54, 1.807) is 67.6 Å². The molecule has 0 saturated carbocycles. The highest BCUT2D eigenvalue weighted by Gasteiger charge is 2.13. The van der Waals surface area contributed by atoms with Crippen LogP contribution < -0.4 is 15.0 Å².